The number of amides is 1. The van der Waals surface area contributed by atoms with Gasteiger partial charge in [-0.2, -0.15) is 0 Å². The Morgan fingerprint density at radius 3 is 2.54 bits per heavy atom. The van der Waals surface area contributed by atoms with Crippen molar-refractivity contribution in [2.75, 3.05) is 20.2 Å². The number of hydrogen-bond donors (Lipinski definition) is 0. The maximum Gasteiger partial charge on any atom is 0.266 e. The maximum absolute atomic E-state index is 12.8. The molecule has 1 aliphatic heterocycles. The van der Waals surface area contributed by atoms with Crippen LogP contribution in [0.3, 0.4) is 0 Å². The number of benzene rings is 2. The van der Waals surface area contributed by atoms with E-state index in [1.807, 2.05) is 24.3 Å². The van der Waals surface area contributed by atoms with Crippen LogP contribution in [-0.4, -0.2) is 42.7 Å². The van der Waals surface area contributed by atoms with Gasteiger partial charge in [-0.25, -0.2) is 0 Å². The summed E-state index contributed by atoms with van der Waals surface area (Å²) >= 11 is 5.88. The third-order valence-electron chi connectivity index (χ3n) is 4.09. The molecule has 0 radical (unpaired) electrons. The highest BCUT2D eigenvalue weighted by Crippen LogP contribution is 2.31. The van der Waals surface area contributed by atoms with Gasteiger partial charge in [-0.05, 0) is 50.2 Å². The summed E-state index contributed by atoms with van der Waals surface area (Å²) in [5.74, 6) is 1.87. The lowest BCUT2D eigenvalue weighted by atomic mass is 10.1. The minimum Gasteiger partial charge on any atom is -0.486 e. The summed E-state index contributed by atoms with van der Waals surface area (Å²) in [6, 6.07) is 14.5. The van der Waals surface area contributed by atoms with Gasteiger partial charge in [0.05, 0.1) is 6.54 Å². The number of likely N-dealkylation sites (N-methyl/N-ethyl adjacent to an activating group) is 1. The van der Waals surface area contributed by atoms with E-state index in [4.69, 9.17) is 25.8 Å². The van der Waals surface area contributed by atoms with Crippen LogP contribution < -0.4 is 14.2 Å². The largest absolute Gasteiger partial charge is 0.486 e. The zero-order chi connectivity index (χ0) is 18.7. The molecular formula is C20H22ClNO4. The van der Waals surface area contributed by atoms with Crippen LogP contribution in [0.4, 0.5) is 0 Å². The molecule has 2 aromatic rings. The molecule has 5 nitrogen and oxygen atoms in total. The molecule has 0 unspecified atom stereocenters. The number of hydrogen-bond acceptors (Lipinski definition) is 4. The Balaban J connectivity index is 1.61. The highest BCUT2D eigenvalue weighted by molar-refractivity contribution is 6.30. The van der Waals surface area contributed by atoms with Crippen molar-refractivity contribution in [2.24, 2.45) is 0 Å². The van der Waals surface area contributed by atoms with Gasteiger partial charge in [0.2, 0.25) is 0 Å². The zero-order valence-electron chi connectivity index (χ0n) is 15.1. The maximum atomic E-state index is 12.8. The lowest BCUT2D eigenvalue weighted by molar-refractivity contribution is -0.145. The van der Waals surface area contributed by atoms with Gasteiger partial charge in [0.15, 0.2) is 23.2 Å². The number of rotatable bonds is 5. The van der Waals surface area contributed by atoms with E-state index in [1.54, 1.807) is 50.1 Å². The first kappa shape index (κ1) is 18.4. The van der Waals surface area contributed by atoms with E-state index in [-0.39, 0.29) is 12.0 Å². The number of halogens is 1. The topological polar surface area (TPSA) is 48.0 Å². The van der Waals surface area contributed by atoms with Crippen molar-refractivity contribution in [1.82, 2.24) is 4.90 Å². The van der Waals surface area contributed by atoms with E-state index < -0.39 is 5.60 Å². The number of carbonyl (C=O) groups is 1. The predicted molar refractivity (Wildman–Crippen MR) is 100 cm³/mol. The van der Waals surface area contributed by atoms with Crippen molar-refractivity contribution >= 4 is 17.5 Å². The third kappa shape index (κ3) is 4.22. The fraction of sp³-hybridized carbons (Fsp3) is 0.350. The van der Waals surface area contributed by atoms with Gasteiger partial charge in [-0.3, -0.25) is 4.79 Å². The smallest absolute Gasteiger partial charge is 0.266 e. The Morgan fingerprint density at radius 2 is 1.85 bits per heavy atom. The van der Waals surface area contributed by atoms with Gasteiger partial charge in [0.1, 0.15) is 12.4 Å². The van der Waals surface area contributed by atoms with Crippen molar-refractivity contribution in [2.45, 2.75) is 25.6 Å². The van der Waals surface area contributed by atoms with Crippen LogP contribution in [0.15, 0.2) is 48.5 Å². The van der Waals surface area contributed by atoms with Crippen LogP contribution in [0.25, 0.3) is 0 Å². The highest BCUT2D eigenvalue weighted by atomic mass is 35.5. The van der Waals surface area contributed by atoms with Gasteiger partial charge in [-0.15, -0.1) is 0 Å². The average Bonchev–Trinajstić information content (AvgIpc) is 2.62. The number of para-hydroxylation sites is 2. The summed E-state index contributed by atoms with van der Waals surface area (Å²) in [5.41, 5.74) is -1.02. The van der Waals surface area contributed by atoms with Gasteiger partial charge in [-0.1, -0.05) is 23.7 Å². The van der Waals surface area contributed by atoms with Crippen LogP contribution in [0.5, 0.6) is 17.2 Å². The van der Waals surface area contributed by atoms with E-state index in [1.165, 1.54) is 0 Å². The van der Waals surface area contributed by atoms with Crippen LogP contribution in [0.1, 0.15) is 13.8 Å². The summed E-state index contributed by atoms with van der Waals surface area (Å²) in [4.78, 5) is 14.4. The molecule has 0 fully saturated rings. The lowest BCUT2D eigenvalue weighted by Crippen LogP contribution is -2.51. The first-order valence-electron chi connectivity index (χ1n) is 8.44. The standard InChI is InChI=1S/C20H22ClNO4/c1-20(2,26-15-10-8-14(21)9-11-15)19(23)22(3)12-16-13-24-17-6-4-5-7-18(17)25-16/h4-11,16H,12-13H2,1-3H3/t16-/m0/s1. The second kappa shape index (κ2) is 7.46. The molecule has 0 saturated heterocycles. The van der Waals surface area contributed by atoms with Crippen LogP contribution >= 0.6 is 11.6 Å². The zero-order valence-corrected chi connectivity index (χ0v) is 15.8. The summed E-state index contributed by atoms with van der Waals surface area (Å²) < 4.78 is 17.5. The van der Waals surface area contributed by atoms with Crippen molar-refractivity contribution in [3.63, 3.8) is 0 Å². The van der Waals surface area contributed by atoms with E-state index in [9.17, 15) is 4.79 Å². The van der Waals surface area contributed by atoms with Crippen molar-refractivity contribution in [1.29, 1.82) is 0 Å². The summed E-state index contributed by atoms with van der Waals surface area (Å²) in [5, 5.41) is 0.619. The first-order chi connectivity index (χ1) is 12.3. The Hall–Kier alpha value is -2.40. The second-order valence-corrected chi connectivity index (χ2v) is 7.19. The predicted octanol–water partition coefficient (Wildman–Crippen LogP) is 3.80. The molecule has 6 heteroatoms. The van der Waals surface area contributed by atoms with Crippen molar-refractivity contribution in [3.8, 4) is 17.2 Å². The molecule has 1 amide bonds. The molecule has 1 atom stereocenters. The molecule has 1 aliphatic rings. The van der Waals surface area contributed by atoms with Gasteiger partial charge < -0.3 is 19.1 Å². The molecular weight excluding hydrogens is 354 g/mol. The van der Waals surface area contributed by atoms with Crippen LogP contribution in [0, 0.1) is 0 Å². The van der Waals surface area contributed by atoms with E-state index in [0.29, 0.717) is 29.7 Å². The van der Waals surface area contributed by atoms with E-state index in [0.717, 1.165) is 5.75 Å². The average molecular weight is 376 g/mol. The summed E-state index contributed by atoms with van der Waals surface area (Å²) in [7, 11) is 1.74. The minimum absolute atomic E-state index is 0.144. The van der Waals surface area contributed by atoms with Crippen LogP contribution in [-0.2, 0) is 4.79 Å². The van der Waals surface area contributed by atoms with Gasteiger partial charge in [0, 0.05) is 12.1 Å². The molecule has 0 aliphatic carbocycles. The molecule has 0 aromatic heterocycles. The van der Waals surface area contributed by atoms with Crippen molar-refractivity contribution in [3.05, 3.63) is 53.6 Å². The molecule has 0 bridgehead atoms. The number of nitrogens with zero attached hydrogens (tertiary/aromatic N) is 1. The molecule has 3 rings (SSSR count). The molecule has 26 heavy (non-hydrogen) atoms. The molecule has 1 heterocycles. The minimum atomic E-state index is -1.02. The first-order valence-corrected chi connectivity index (χ1v) is 8.81. The Kier molecular flexibility index (Phi) is 5.28. The Morgan fingerprint density at radius 1 is 1.19 bits per heavy atom. The van der Waals surface area contributed by atoms with Crippen molar-refractivity contribution < 1.29 is 19.0 Å². The normalized spacial score (nSPS) is 16.1. The summed E-state index contributed by atoms with van der Waals surface area (Å²) in [6.07, 6.45) is -0.231. The SMILES string of the molecule is CN(C[C@H]1COc2ccccc2O1)C(=O)C(C)(C)Oc1ccc(Cl)cc1. The highest BCUT2D eigenvalue weighted by Gasteiger charge is 2.34. The number of fused-ring (bicyclic) bond motifs is 1. The van der Waals surface area contributed by atoms with Crippen LogP contribution in [0.2, 0.25) is 5.02 Å². The monoisotopic (exact) mass is 375 g/mol. The summed E-state index contributed by atoms with van der Waals surface area (Å²) in [6.45, 7) is 4.29. The molecule has 2 aromatic carbocycles. The molecule has 0 saturated carbocycles. The molecule has 0 N–H and O–H groups in total. The molecule has 0 spiro atoms. The van der Waals surface area contributed by atoms with E-state index >= 15 is 0 Å². The second-order valence-electron chi connectivity index (χ2n) is 6.75. The Labute approximate surface area is 158 Å². The molecule has 138 valence electrons. The van der Waals surface area contributed by atoms with E-state index in [2.05, 4.69) is 0 Å². The fourth-order valence-electron chi connectivity index (χ4n) is 2.84. The quantitative estimate of drug-likeness (QED) is 0.797. The lowest BCUT2D eigenvalue weighted by Gasteiger charge is -2.33. The Bertz CT molecular complexity index is 776. The third-order valence-corrected chi connectivity index (χ3v) is 4.35. The van der Waals surface area contributed by atoms with Gasteiger partial charge >= 0.3 is 0 Å². The fourth-order valence-corrected chi connectivity index (χ4v) is 2.97. The number of ether oxygens (including phenoxy) is 3. The van der Waals surface area contributed by atoms with Gasteiger partial charge in [0.25, 0.3) is 5.91 Å². The number of carbonyl (C=O) groups excluding carboxylic acids is 1.